The molecule has 0 saturated heterocycles. The highest BCUT2D eigenvalue weighted by atomic mass is 16.3. The first-order chi connectivity index (χ1) is 10.1. The molecule has 5 nitrogen and oxygen atoms in total. The summed E-state index contributed by atoms with van der Waals surface area (Å²) >= 11 is 0. The lowest BCUT2D eigenvalue weighted by Crippen LogP contribution is -2.37. The first-order valence-electron chi connectivity index (χ1n) is 6.72. The van der Waals surface area contributed by atoms with Crippen molar-refractivity contribution in [3.63, 3.8) is 0 Å². The second-order valence-corrected chi connectivity index (χ2v) is 4.73. The highest BCUT2D eigenvalue weighted by Crippen LogP contribution is 2.23. The van der Waals surface area contributed by atoms with E-state index in [9.17, 15) is 9.90 Å². The van der Waals surface area contributed by atoms with E-state index in [4.69, 9.17) is 5.73 Å². The number of hydrogen-bond acceptors (Lipinski definition) is 3. The molecule has 110 valence electrons. The second kappa shape index (κ2) is 6.76. The molecule has 2 aromatic carbocycles. The third-order valence-electron chi connectivity index (χ3n) is 3.07. The quantitative estimate of drug-likeness (QED) is 0.755. The van der Waals surface area contributed by atoms with Crippen LogP contribution < -0.4 is 16.0 Å². The van der Waals surface area contributed by atoms with Crippen LogP contribution in [0.4, 0.5) is 21.9 Å². The smallest absolute Gasteiger partial charge is 0.326 e. The van der Waals surface area contributed by atoms with Crippen LogP contribution in [-0.4, -0.2) is 24.3 Å². The number of para-hydroxylation sites is 2. The number of rotatable bonds is 4. The van der Waals surface area contributed by atoms with Crippen molar-refractivity contribution in [2.75, 3.05) is 29.1 Å². The number of benzene rings is 2. The summed E-state index contributed by atoms with van der Waals surface area (Å²) in [4.78, 5) is 13.8. The third kappa shape index (κ3) is 3.73. The molecule has 2 rings (SSSR count). The molecule has 21 heavy (non-hydrogen) atoms. The van der Waals surface area contributed by atoms with Crippen LogP contribution in [0.5, 0.6) is 0 Å². The summed E-state index contributed by atoms with van der Waals surface area (Å²) in [6, 6.07) is 14.3. The lowest BCUT2D eigenvalue weighted by Gasteiger charge is -2.23. The molecule has 0 radical (unpaired) electrons. The van der Waals surface area contributed by atoms with E-state index in [1.54, 1.807) is 24.3 Å². The summed E-state index contributed by atoms with van der Waals surface area (Å²) in [6.07, 6.45) is 0. The number of anilines is 3. The number of aryl methyl sites for hydroxylation is 1. The van der Waals surface area contributed by atoms with E-state index in [-0.39, 0.29) is 19.2 Å². The highest BCUT2D eigenvalue weighted by Gasteiger charge is 2.17. The van der Waals surface area contributed by atoms with Crippen molar-refractivity contribution in [3.05, 3.63) is 54.1 Å². The van der Waals surface area contributed by atoms with Gasteiger partial charge in [-0.1, -0.05) is 24.3 Å². The van der Waals surface area contributed by atoms with E-state index in [0.717, 1.165) is 5.56 Å². The molecule has 2 amide bonds. The van der Waals surface area contributed by atoms with E-state index in [0.29, 0.717) is 17.1 Å². The molecule has 0 unspecified atom stereocenters. The first kappa shape index (κ1) is 14.9. The van der Waals surface area contributed by atoms with Gasteiger partial charge >= 0.3 is 6.03 Å². The molecule has 0 bridgehead atoms. The molecule has 0 aliphatic heterocycles. The molecule has 0 saturated carbocycles. The minimum Gasteiger partial charge on any atom is -0.397 e. The van der Waals surface area contributed by atoms with E-state index < -0.39 is 0 Å². The Morgan fingerprint density at radius 3 is 2.67 bits per heavy atom. The highest BCUT2D eigenvalue weighted by molar-refractivity contribution is 6.03. The molecule has 0 atom stereocenters. The van der Waals surface area contributed by atoms with Crippen LogP contribution in [0, 0.1) is 6.92 Å². The standard InChI is InChI=1S/C16H19N3O2/c1-12-5-4-6-13(11-12)18-16(21)19(9-10-20)15-8-3-2-7-14(15)17/h2-8,11,20H,9-10,17H2,1H3,(H,18,21). The van der Waals surface area contributed by atoms with Crippen LogP contribution in [-0.2, 0) is 0 Å². The van der Waals surface area contributed by atoms with Crippen molar-refractivity contribution < 1.29 is 9.90 Å². The van der Waals surface area contributed by atoms with Crippen molar-refractivity contribution >= 4 is 23.1 Å². The molecule has 4 N–H and O–H groups in total. The maximum Gasteiger partial charge on any atom is 0.326 e. The zero-order valence-electron chi connectivity index (χ0n) is 11.9. The Bertz CT molecular complexity index is 628. The van der Waals surface area contributed by atoms with Crippen molar-refractivity contribution in [2.24, 2.45) is 0 Å². The Morgan fingerprint density at radius 2 is 2.00 bits per heavy atom. The van der Waals surface area contributed by atoms with Gasteiger partial charge in [-0.05, 0) is 36.8 Å². The number of carbonyl (C=O) groups excluding carboxylic acids is 1. The van der Waals surface area contributed by atoms with Gasteiger partial charge in [0.1, 0.15) is 0 Å². The number of nitrogens with zero attached hydrogens (tertiary/aromatic N) is 1. The minimum atomic E-state index is -0.326. The average Bonchev–Trinajstić information content (AvgIpc) is 2.45. The van der Waals surface area contributed by atoms with Gasteiger partial charge in [0.15, 0.2) is 0 Å². The van der Waals surface area contributed by atoms with Crippen molar-refractivity contribution in [3.8, 4) is 0 Å². The van der Waals surface area contributed by atoms with Crippen LogP contribution in [0.3, 0.4) is 0 Å². The monoisotopic (exact) mass is 285 g/mol. The van der Waals surface area contributed by atoms with Gasteiger partial charge in [-0.25, -0.2) is 4.79 Å². The number of nitrogens with one attached hydrogen (secondary N) is 1. The van der Waals surface area contributed by atoms with Gasteiger partial charge in [0.2, 0.25) is 0 Å². The van der Waals surface area contributed by atoms with E-state index >= 15 is 0 Å². The molecule has 0 fully saturated rings. The summed E-state index contributed by atoms with van der Waals surface area (Å²) in [5.41, 5.74) is 8.74. The van der Waals surface area contributed by atoms with Gasteiger partial charge in [0.05, 0.1) is 24.5 Å². The molecule has 0 aliphatic rings. The third-order valence-corrected chi connectivity index (χ3v) is 3.07. The minimum absolute atomic E-state index is 0.143. The largest absolute Gasteiger partial charge is 0.397 e. The lowest BCUT2D eigenvalue weighted by atomic mass is 10.2. The van der Waals surface area contributed by atoms with Gasteiger partial charge in [0, 0.05) is 5.69 Å². The number of urea groups is 1. The summed E-state index contributed by atoms with van der Waals surface area (Å²) in [6.45, 7) is 1.98. The Hall–Kier alpha value is -2.53. The van der Waals surface area contributed by atoms with Crippen LogP contribution in [0.25, 0.3) is 0 Å². The van der Waals surface area contributed by atoms with Crippen molar-refractivity contribution in [2.45, 2.75) is 6.92 Å². The van der Waals surface area contributed by atoms with Crippen LogP contribution >= 0.6 is 0 Å². The number of amides is 2. The molecule has 0 spiro atoms. The average molecular weight is 285 g/mol. The Kier molecular flexibility index (Phi) is 4.79. The number of hydrogen-bond donors (Lipinski definition) is 3. The van der Waals surface area contributed by atoms with E-state index in [1.807, 2.05) is 31.2 Å². The zero-order valence-corrected chi connectivity index (χ0v) is 11.9. The molecule has 0 heterocycles. The molecular weight excluding hydrogens is 266 g/mol. The fourth-order valence-corrected chi connectivity index (χ4v) is 2.08. The number of aliphatic hydroxyl groups excluding tert-OH is 1. The van der Waals surface area contributed by atoms with E-state index in [2.05, 4.69) is 5.32 Å². The fourth-order valence-electron chi connectivity index (χ4n) is 2.08. The van der Waals surface area contributed by atoms with Crippen LogP contribution in [0.2, 0.25) is 0 Å². The second-order valence-electron chi connectivity index (χ2n) is 4.73. The predicted octanol–water partition coefficient (Wildman–Crippen LogP) is 2.61. The van der Waals surface area contributed by atoms with Crippen LogP contribution in [0.15, 0.2) is 48.5 Å². The van der Waals surface area contributed by atoms with Crippen molar-refractivity contribution in [1.82, 2.24) is 0 Å². The summed E-state index contributed by atoms with van der Waals surface area (Å²) in [5.74, 6) is 0. The topological polar surface area (TPSA) is 78.6 Å². The van der Waals surface area contributed by atoms with Gasteiger partial charge in [-0.2, -0.15) is 0 Å². The predicted molar refractivity (Wildman–Crippen MR) is 85.5 cm³/mol. The van der Waals surface area contributed by atoms with Gasteiger partial charge in [-0.3, -0.25) is 4.90 Å². The molecule has 2 aromatic rings. The molecule has 0 aliphatic carbocycles. The van der Waals surface area contributed by atoms with Gasteiger partial charge < -0.3 is 16.2 Å². The maximum atomic E-state index is 12.4. The summed E-state index contributed by atoms with van der Waals surface area (Å²) in [5, 5.41) is 12.0. The number of aliphatic hydroxyl groups is 1. The van der Waals surface area contributed by atoms with Gasteiger partial charge in [-0.15, -0.1) is 0 Å². The number of nitrogen functional groups attached to an aromatic ring is 1. The van der Waals surface area contributed by atoms with Crippen molar-refractivity contribution in [1.29, 1.82) is 0 Å². The Labute approximate surface area is 124 Å². The first-order valence-corrected chi connectivity index (χ1v) is 6.72. The zero-order chi connectivity index (χ0) is 15.2. The number of nitrogens with two attached hydrogens (primary N) is 1. The Morgan fingerprint density at radius 1 is 1.24 bits per heavy atom. The summed E-state index contributed by atoms with van der Waals surface area (Å²) in [7, 11) is 0. The Balaban J connectivity index is 2.22. The molecule has 5 heteroatoms. The SMILES string of the molecule is Cc1cccc(NC(=O)N(CCO)c2ccccc2N)c1. The lowest BCUT2D eigenvalue weighted by molar-refractivity contribution is 0.252. The molecule has 0 aromatic heterocycles. The normalized spacial score (nSPS) is 10.2. The maximum absolute atomic E-state index is 12.4. The summed E-state index contributed by atoms with van der Waals surface area (Å²) < 4.78 is 0. The number of carbonyl (C=O) groups is 1. The van der Waals surface area contributed by atoms with E-state index in [1.165, 1.54) is 4.90 Å². The van der Waals surface area contributed by atoms with Crippen LogP contribution in [0.1, 0.15) is 5.56 Å². The molecular formula is C16H19N3O2. The van der Waals surface area contributed by atoms with Gasteiger partial charge in [0.25, 0.3) is 0 Å². The fraction of sp³-hybridized carbons (Fsp3) is 0.188.